The molecule has 0 aromatic heterocycles. The van der Waals surface area contributed by atoms with Crippen molar-refractivity contribution < 1.29 is 19.0 Å². The van der Waals surface area contributed by atoms with Crippen molar-refractivity contribution in [2.75, 3.05) is 27.4 Å². The first-order chi connectivity index (χ1) is 14.0. The van der Waals surface area contributed by atoms with Crippen molar-refractivity contribution in [3.63, 3.8) is 0 Å². The van der Waals surface area contributed by atoms with Gasteiger partial charge in [0.1, 0.15) is 5.75 Å². The van der Waals surface area contributed by atoms with Gasteiger partial charge in [0.05, 0.1) is 20.8 Å². The van der Waals surface area contributed by atoms with Crippen LogP contribution in [-0.2, 0) is 17.9 Å². The van der Waals surface area contributed by atoms with Crippen LogP contribution in [0.3, 0.4) is 0 Å². The molecule has 0 radical (unpaired) electrons. The number of amides is 1. The maximum Gasteiger partial charge on any atom is 0.255 e. The lowest BCUT2D eigenvalue weighted by Crippen LogP contribution is -2.36. The highest BCUT2D eigenvalue weighted by Gasteiger charge is 2.06. The van der Waals surface area contributed by atoms with Gasteiger partial charge in [-0.15, -0.1) is 0 Å². The van der Waals surface area contributed by atoms with Gasteiger partial charge < -0.3 is 30.6 Å². The SMILES string of the molecule is CCNC(=NCc1cccc(OCC(N)=O)c1)NCc1ccc(OC)c(OC)c1. The minimum Gasteiger partial charge on any atom is -0.493 e. The van der Waals surface area contributed by atoms with Crippen LogP contribution >= 0.6 is 0 Å². The number of benzene rings is 2. The first kappa shape index (κ1) is 21.9. The van der Waals surface area contributed by atoms with Crippen LogP contribution in [0.1, 0.15) is 18.1 Å². The largest absolute Gasteiger partial charge is 0.493 e. The summed E-state index contributed by atoms with van der Waals surface area (Å²) >= 11 is 0. The Labute approximate surface area is 171 Å². The van der Waals surface area contributed by atoms with Crippen LogP contribution in [0.25, 0.3) is 0 Å². The number of primary amides is 1. The topological polar surface area (TPSA) is 107 Å². The summed E-state index contributed by atoms with van der Waals surface area (Å²) in [5, 5.41) is 6.52. The van der Waals surface area contributed by atoms with Crippen molar-refractivity contribution >= 4 is 11.9 Å². The van der Waals surface area contributed by atoms with Gasteiger partial charge in [-0.3, -0.25) is 4.79 Å². The molecule has 4 N–H and O–H groups in total. The Hall–Kier alpha value is -3.42. The lowest BCUT2D eigenvalue weighted by atomic mass is 10.2. The van der Waals surface area contributed by atoms with Gasteiger partial charge in [-0.1, -0.05) is 18.2 Å². The second kappa shape index (κ2) is 11.4. The molecule has 0 spiro atoms. The average Bonchev–Trinajstić information content (AvgIpc) is 2.74. The van der Waals surface area contributed by atoms with E-state index in [1.165, 1.54) is 0 Å². The normalized spacial score (nSPS) is 10.9. The molecule has 0 bridgehead atoms. The van der Waals surface area contributed by atoms with E-state index in [0.29, 0.717) is 36.3 Å². The van der Waals surface area contributed by atoms with Gasteiger partial charge in [-0.2, -0.15) is 0 Å². The van der Waals surface area contributed by atoms with Gasteiger partial charge in [0.2, 0.25) is 0 Å². The van der Waals surface area contributed by atoms with Crippen molar-refractivity contribution in [2.45, 2.75) is 20.0 Å². The Morgan fingerprint density at radius 1 is 1.03 bits per heavy atom. The van der Waals surface area contributed by atoms with Gasteiger partial charge in [-0.05, 0) is 42.3 Å². The fourth-order valence-electron chi connectivity index (χ4n) is 2.58. The van der Waals surface area contributed by atoms with E-state index in [1.54, 1.807) is 20.3 Å². The van der Waals surface area contributed by atoms with E-state index in [2.05, 4.69) is 15.6 Å². The number of hydrogen-bond donors (Lipinski definition) is 3. The van der Waals surface area contributed by atoms with Gasteiger partial charge in [0.15, 0.2) is 24.1 Å². The fourth-order valence-corrected chi connectivity index (χ4v) is 2.58. The summed E-state index contributed by atoms with van der Waals surface area (Å²) < 4.78 is 15.9. The molecular formula is C21H28N4O4. The van der Waals surface area contributed by atoms with E-state index in [0.717, 1.165) is 17.7 Å². The molecule has 0 unspecified atom stereocenters. The van der Waals surface area contributed by atoms with Gasteiger partial charge in [0, 0.05) is 13.1 Å². The molecule has 0 heterocycles. The van der Waals surface area contributed by atoms with Crippen LogP contribution in [-0.4, -0.2) is 39.2 Å². The van der Waals surface area contributed by atoms with E-state index >= 15 is 0 Å². The molecule has 8 nitrogen and oxygen atoms in total. The predicted molar refractivity (Wildman–Crippen MR) is 112 cm³/mol. The predicted octanol–water partition coefficient (Wildman–Crippen LogP) is 1.82. The van der Waals surface area contributed by atoms with Crippen molar-refractivity contribution in [3.05, 3.63) is 53.6 Å². The van der Waals surface area contributed by atoms with Crippen LogP contribution in [0, 0.1) is 0 Å². The molecule has 0 saturated carbocycles. The fraction of sp³-hybridized carbons (Fsp3) is 0.333. The molecule has 0 aliphatic carbocycles. The molecule has 0 atom stereocenters. The summed E-state index contributed by atoms with van der Waals surface area (Å²) in [5.41, 5.74) is 7.10. The van der Waals surface area contributed by atoms with E-state index < -0.39 is 5.91 Å². The van der Waals surface area contributed by atoms with Crippen LogP contribution in [0.2, 0.25) is 0 Å². The number of nitrogens with one attached hydrogen (secondary N) is 2. The van der Waals surface area contributed by atoms with Crippen LogP contribution in [0.4, 0.5) is 0 Å². The first-order valence-electron chi connectivity index (χ1n) is 9.28. The Bertz CT molecular complexity index is 839. The third-order valence-electron chi connectivity index (χ3n) is 3.95. The Kier molecular flexibility index (Phi) is 8.62. The monoisotopic (exact) mass is 400 g/mol. The lowest BCUT2D eigenvalue weighted by Gasteiger charge is -2.13. The summed E-state index contributed by atoms with van der Waals surface area (Å²) in [6.45, 7) is 3.62. The van der Waals surface area contributed by atoms with Crippen molar-refractivity contribution in [1.29, 1.82) is 0 Å². The molecule has 2 aromatic carbocycles. The van der Waals surface area contributed by atoms with E-state index in [-0.39, 0.29) is 6.61 Å². The number of carbonyl (C=O) groups is 1. The Morgan fingerprint density at radius 3 is 2.52 bits per heavy atom. The van der Waals surface area contributed by atoms with E-state index in [1.807, 2.05) is 43.3 Å². The molecule has 0 fully saturated rings. The molecule has 2 rings (SSSR count). The number of rotatable bonds is 10. The number of ether oxygens (including phenoxy) is 3. The third-order valence-corrected chi connectivity index (χ3v) is 3.95. The smallest absolute Gasteiger partial charge is 0.255 e. The summed E-state index contributed by atoms with van der Waals surface area (Å²) in [5.74, 6) is 2.13. The minimum atomic E-state index is -0.512. The highest BCUT2D eigenvalue weighted by atomic mass is 16.5. The summed E-state index contributed by atoms with van der Waals surface area (Å²) in [6.07, 6.45) is 0. The maximum atomic E-state index is 10.9. The quantitative estimate of drug-likeness (QED) is 0.415. The molecule has 29 heavy (non-hydrogen) atoms. The maximum absolute atomic E-state index is 10.9. The zero-order valence-corrected chi connectivity index (χ0v) is 17.0. The Morgan fingerprint density at radius 2 is 1.83 bits per heavy atom. The lowest BCUT2D eigenvalue weighted by molar-refractivity contribution is -0.119. The number of nitrogens with zero attached hydrogens (tertiary/aromatic N) is 1. The summed E-state index contributed by atoms with van der Waals surface area (Å²) in [7, 11) is 3.22. The first-order valence-corrected chi connectivity index (χ1v) is 9.28. The number of guanidine groups is 1. The molecule has 0 aliphatic rings. The number of nitrogens with two attached hydrogens (primary N) is 1. The molecule has 0 saturated heterocycles. The molecule has 8 heteroatoms. The number of carbonyl (C=O) groups excluding carboxylic acids is 1. The van der Waals surface area contributed by atoms with Gasteiger partial charge >= 0.3 is 0 Å². The van der Waals surface area contributed by atoms with Crippen LogP contribution in [0.15, 0.2) is 47.5 Å². The Balaban J connectivity index is 2.01. The third kappa shape index (κ3) is 7.25. The van der Waals surface area contributed by atoms with Crippen molar-refractivity contribution in [2.24, 2.45) is 10.7 Å². The minimum absolute atomic E-state index is 0.151. The molecular weight excluding hydrogens is 372 g/mol. The van der Waals surface area contributed by atoms with E-state index in [4.69, 9.17) is 19.9 Å². The van der Waals surface area contributed by atoms with Crippen molar-refractivity contribution in [1.82, 2.24) is 10.6 Å². The standard InChI is InChI=1S/C21H28N4O4/c1-4-23-21(25-13-16-8-9-18(27-2)19(11-16)28-3)24-12-15-6-5-7-17(10-15)29-14-20(22)26/h5-11H,4,12-14H2,1-3H3,(H2,22,26)(H2,23,24,25). The van der Waals surface area contributed by atoms with Gasteiger partial charge in [0.25, 0.3) is 5.91 Å². The molecule has 2 aromatic rings. The highest BCUT2D eigenvalue weighted by Crippen LogP contribution is 2.27. The molecule has 156 valence electrons. The van der Waals surface area contributed by atoms with Crippen molar-refractivity contribution in [3.8, 4) is 17.2 Å². The number of hydrogen-bond acceptors (Lipinski definition) is 5. The number of methoxy groups -OCH3 is 2. The highest BCUT2D eigenvalue weighted by molar-refractivity contribution is 5.79. The number of aliphatic imine (C=N–C) groups is 1. The summed E-state index contributed by atoms with van der Waals surface area (Å²) in [4.78, 5) is 15.5. The molecule has 0 aliphatic heterocycles. The van der Waals surface area contributed by atoms with Crippen LogP contribution < -0.4 is 30.6 Å². The van der Waals surface area contributed by atoms with E-state index in [9.17, 15) is 4.79 Å². The second-order valence-electron chi connectivity index (χ2n) is 6.14. The zero-order chi connectivity index (χ0) is 21.1. The summed E-state index contributed by atoms with van der Waals surface area (Å²) in [6, 6.07) is 13.2. The zero-order valence-electron chi connectivity index (χ0n) is 17.0. The molecule has 1 amide bonds. The van der Waals surface area contributed by atoms with Crippen LogP contribution in [0.5, 0.6) is 17.2 Å². The van der Waals surface area contributed by atoms with Gasteiger partial charge in [-0.25, -0.2) is 4.99 Å². The average molecular weight is 400 g/mol. The second-order valence-corrected chi connectivity index (χ2v) is 6.14.